The number of rotatable bonds is 3. The molecule has 0 radical (unpaired) electrons. The zero-order valence-corrected chi connectivity index (χ0v) is 8.76. The lowest BCUT2D eigenvalue weighted by atomic mass is 10.3. The minimum absolute atomic E-state index is 0.0741. The third kappa shape index (κ3) is 4.10. The maximum Gasteiger partial charge on any atom is 0.289 e. The van der Waals surface area contributed by atoms with E-state index in [2.05, 4.69) is 0 Å². The van der Waals surface area contributed by atoms with Gasteiger partial charge in [-0.15, -0.1) is 0 Å². The Kier molecular flexibility index (Phi) is 5.42. The Hall–Kier alpha value is -0.800. The molecule has 0 saturated carbocycles. The van der Waals surface area contributed by atoms with Crippen molar-refractivity contribution in [1.29, 1.82) is 0 Å². The second-order valence-corrected chi connectivity index (χ2v) is 2.94. The van der Waals surface area contributed by atoms with Crippen molar-refractivity contribution >= 4 is 23.2 Å². The minimum Gasteiger partial charge on any atom is -0.258 e. The molecule has 0 aromatic carbocycles. The third-order valence-corrected chi connectivity index (χ3v) is 1.98. The monoisotopic (exact) mass is 221 g/mol. The Labute approximate surface area is 86.5 Å². The number of halogens is 2. The smallest absolute Gasteiger partial charge is 0.258 e. The fourth-order valence-electron chi connectivity index (χ4n) is 0.571. The highest BCUT2D eigenvalue weighted by Gasteiger charge is 2.14. The normalized spacial score (nSPS) is 14.6. The Balaban J connectivity index is 5.04. The van der Waals surface area contributed by atoms with Crippen LogP contribution < -0.4 is 0 Å². The third-order valence-electron chi connectivity index (χ3n) is 1.25. The molecule has 0 spiro atoms. The summed E-state index contributed by atoms with van der Waals surface area (Å²) in [7, 11) is 0. The molecule has 0 saturated heterocycles. The van der Waals surface area contributed by atoms with Crippen LogP contribution in [0.4, 0.5) is 0 Å². The number of allylic oxidation sites excluding steroid dienone is 5. The van der Waals surface area contributed by atoms with Crippen molar-refractivity contribution < 1.29 is 4.92 Å². The van der Waals surface area contributed by atoms with Crippen molar-refractivity contribution in [2.24, 2.45) is 0 Å². The molecule has 0 N–H and O–H groups in total. The van der Waals surface area contributed by atoms with Gasteiger partial charge < -0.3 is 0 Å². The molecular weight excluding hydrogens is 213 g/mol. The second-order valence-electron chi connectivity index (χ2n) is 2.10. The van der Waals surface area contributed by atoms with Gasteiger partial charge in [0, 0.05) is 11.1 Å². The number of nitrogens with zero attached hydrogens (tertiary/aromatic N) is 1. The summed E-state index contributed by atoms with van der Waals surface area (Å²) in [5.41, 5.74) is -0.202. The molecule has 0 aliphatic carbocycles. The molecule has 0 atom stereocenters. The first-order chi connectivity index (χ1) is 6.02. The molecule has 0 bridgehead atoms. The van der Waals surface area contributed by atoms with Crippen molar-refractivity contribution in [3.63, 3.8) is 0 Å². The van der Waals surface area contributed by atoms with Gasteiger partial charge in [-0.05, 0) is 13.8 Å². The van der Waals surface area contributed by atoms with Gasteiger partial charge in [0.2, 0.25) is 0 Å². The van der Waals surface area contributed by atoms with E-state index in [-0.39, 0.29) is 15.8 Å². The lowest BCUT2D eigenvalue weighted by Gasteiger charge is -1.94. The van der Waals surface area contributed by atoms with Crippen molar-refractivity contribution in [3.05, 3.63) is 44.1 Å². The van der Waals surface area contributed by atoms with Crippen LogP contribution in [0.2, 0.25) is 0 Å². The van der Waals surface area contributed by atoms with Crippen molar-refractivity contribution in [1.82, 2.24) is 0 Å². The van der Waals surface area contributed by atoms with E-state index in [0.717, 1.165) is 0 Å². The summed E-state index contributed by atoms with van der Waals surface area (Å²) in [6, 6.07) is 0. The molecule has 13 heavy (non-hydrogen) atoms. The highest BCUT2D eigenvalue weighted by atomic mass is 35.5. The van der Waals surface area contributed by atoms with Crippen LogP contribution in [-0.2, 0) is 0 Å². The van der Waals surface area contributed by atoms with Crippen molar-refractivity contribution in [3.8, 4) is 0 Å². The number of hydrogen-bond donors (Lipinski definition) is 0. The van der Waals surface area contributed by atoms with Crippen LogP contribution >= 0.6 is 23.2 Å². The van der Waals surface area contributed by atoms with E-state index in [9.17, 15) is 10.1 Å². The van der Waals surface area contributed by atoms with Crippen LogP contribution in [0.15, 0.2) is 34.0 Å². The standard InChI is InChI=1S/C8H9Cl2NO2/c1-3-6(9)5-8(11(12)13)7(10)4-2/h3-5H,1-2H3/b6-3+,7-4+,8-5+. The zero-order chi connectivity index (χ0) is 10.4. The summed E-state index contributed by atoms with van der Waals surface area (Å²) in [6.07, 6.45) is 4.20. The topological polar surface area (TPSA) is 43.1 Å². The van der Waals surface area contributed by atoms with Crippen LogP contribution in [0, 0.1) is 10.1 Å². The predicted octanol–water partition coefficient (Wildman–Crippen LogP) is 3.43. The van der Waals surface area contributed by atoms with E-state index >= 15 is 0 Å². The van der Waals surface area contributed by atoms with Crippen LogP contribution in [0.1, 0.15) is 13.8 Å². The molecule has 5 heteroatoms. The zero-order valence-electron chi connectivity index (χ0n) is 7.25. The second kappa shape index (κ2) is 5.78. The first-order valence-corrected chi connectivity index (χ1v) is 4.28. The highest BCUT2D eigenvalue weighted by molar-refractivity contribution is 6.33. The molecule has 0 aliphatic rings. The molecular formula is C8H9Cl2NO2. The van der Waals surface area contributed by atoms with Crippen LogP contribution in [0.5, 0.6) is 0 Å². The van der Waals surface area contributed by atoms with Crippen LogP contribution in [0.25, 0.3) is 0 Å². The van der Waals surface area contributed by atoms with Gasteiger partial charge in [-0.3, -0.25) is 10.1 Å². The van der Waals surface area contributed by atoms with E-state index < -0.39 is 4.92 Å². The molecule has 0 fully saturated rings. The average molecular weight is 222 g/mol. The fraction of sp³-hybridized carbons (Fsp3) is 0.250. The van der Waals surface area contributed by atoms with Crippen LogP contribution in [-0.4, -0.2) is 4.92 Å². The molecule has 0 rings (SSSR count). The summed E-state index contributed by atoms with van der Waals surface area (Å²) in [5, 5.41) is 10.8. The lowest BCUT2D eigenvalue weighted by molar-refractivity contribution is -0.419. The summed E-state index contributed by atoms with van der Waals surface area (Å²) in [6.45, 7) is 3.29. The maximum atomic E-state index is 10.5. The molecule has 0 aliphatic heterocycles. The van der Waals surface area contributed by atoms with Gasteiger partial charge in [0.05, 0.1) is 4.92 Å². The Morgan fingerprint density at radius 1 is 1.31 bits per heavy atom. The van der Waals surface area contributed by atoms with Gasteiger partial charge >= 0.3 is 0 Å². The van der Waals surface area contributed by atoms with E-state index in [1.165, 1.54) is 12.2 Å². The Bertz CT molecular complexity index is 293. The summed E-state index contributed by atoms with van der Waals surface area (Å²) in [5.74, 6) is 0. The van der Waals surface area contributed by atoms with E-state index in [4.69, 9.17) is 23.2 Å². The van der Waals surface area contributed by atoms with Gasteiger partial charge in [0.1, 0.15) is 5.03 Å². The van der Waals surface area contributed by atoms with Gasteiger partial charge in [-0.1, -0.05) is 35.4 Å². The average Bonchev–Trinajstić information content (AvgIpc) is 2.11. The van der Waals surface area contributed by atoms with Gasteiger partial charge in [-0.2, -0.15) is 0 Å². The fourth-order valence-corrected chi connectivity index (χ4v) is 0.798. The van der Waals surface area contributed by atoms with Gasteiger partial charge in [-0.25, -0.2) is 0 Å². The number of hydrogen-bond acceptors (Lipinski definition) is 2. The Morgan fingerprint density at radius 2 is 1.85 bits per heavy atom. The summed E-state index contributed by atoms with van der Waals surface area (Å²) >= 11 is 11.2. The minimum atomic E-state index is -0.575. The van der Waals surface area contributed by atoms with Crippen molar-refractivity contribution in [2.45, 2.75) is 13.8 Å². The van der Waals surface area contributed by atoms with Crippen molar-refractivity contribution in [2.75, 3.05) is 0 Å². The highest BCUT2D eigenvalue weighted by Crippen LogP contribution is 2.18. The summed E-state index contributed by atoms with van der Waals surface area (Å²) < 4.78 is 0. The SMILES string of the molecule is C\C=C(Cl)/C=C(\C(Cl)=C/C)[N+](=O)[O-]. The first kappa shape index (κ1) is 12.2. The molecule has 0 aromatic heterocycles. The predicted molar refractivity (Wildman–Crippen MR) is 54.3 cm³/mol. The van der Waals surface area contributed by atoms with E-state index in [1.54, 1.807) is 19.9 Å². The molecule has 0 amide bonds. The largest absolute Gasteiger partial charge is 0.289 e. The van der Waals surface area contributed by atoms with Gasteiger partial charge in [0.15, 0.2) is 0 Å². The van der Waals surface area contributed by atoms with Gasteiger partial charge in [0.25, 0.3) is 5.70 Å². The maximum absolute atomic E-state index is 10.5. The molecule has 0 aromatic rings. The molecule has 0 heterocycles. The Morgan fingerprint density at radius 3 is 2.15 bits per heavy atom. The van der Waals surface area contributed by atoms with Crippen LogP contribution in [0.3, 0.4) is 0 Å². The van der Waals surface area contributed by atoms with E-state index in [0.29, 0.717) is 0 Å². The molecule has 3 nitrogen and oxygen atoms in total. The quantitative estimate of drug-likeness (QED) is 0.417. The molecule has 0 unspecified atom stereocenters. The summed E-state index contributed by atoms with van der Waals surface area (Å²) in [4.78, 5) is 9.90. The van der Waals surface area contributed by atoms with E-state index in [1.807, 2.05) is 0 Å². The molecule has 72 valence electrons. The first-order valence-electron chi connectivity index (χ1n) is 3.53. The number of nitro groups is 1. The lowest BCUT2D eigenvalue weighted by Crippen LogP contribution is -1.98.